The molecule has 2 rings (SSSR count). The molecule has 0 aliphatic heterocycles. The number of carboxylic acids is 1. The zero-order valence-corrected chi connectivity index (χ0v) is 11.1. The molecule has 1 heterocycles. The highest BCUT2D eigenvalue weighted by Crippen LogP contribution is 2.14. The summed E-state index contributed by atoms with van der Waals surface area (Å²) >= 11 is 1.43. The first-order valence-corrected chi connectivity index (χ1v) is 6.05. The summed E-state index contributed by atoms with van der Waals surface area (Å²) in [5, 5.41) is 11.3. The van der Waals surface area contributed by atoms with E-state index >= 15 is 0 Å². The molecule has 0 aliphatic rings. The molecule has 0 spiro atoms. The van der Waals surface area contributed by atoms with E-state index in [1.807, 2.05) is 17.5 Å². The van der Waals surface area contributed by atoms with Gasteiger partial charge in [0, 0.05) is 5.38 Å². The largest absolute Gasteiger partial charge is 0.478 e. The molecule has 0 atom stereocenters. The number of carbonyl (C=O) groups is 1. The molecule has 0 unspecified atom stereocenters. The number of aromatic nitrogens is 1. The fourth-order valence-electron chi connectivity index (χ4n) is 1.52. The number of nitrogens with two attached hydrogens (primary N) is 1. The summed E-state index contributed by atoms with van der Waals surface area (Å²) in [4.78, 5) is 14.8. The van der Waals surface area contributed by atoms with E-state index in [4.69, 9.17) is 10.8 Å². The van der Waals surface area contributed by atoms with Crippen molar-refractivity contribution in [1.29, 1.82) is 0 Å². The predicted octanol–water partition coefficient (Wildman–Crippen LogP) is 2.63. The van der Waals surface area contributed by atoms with Gasteiger partial charge in [0.25, 0.3) is 0 Å². The summed E-state index contributed by atoms with van der Waals surface area (Å²) in [6.45, 7) is 0. The molecule has 0 saturated carbocycles. The van der Waals surface area contributed by atoms with Crippen LogP contribution in [0.25, 0.3) is 0 Å². The van der Waals surface area contributed by atoms with Crippen molar-refractivity contribution in [1.82, 2.24) is 4.98 Å². The maximum atomic E-state index is 10.7. The van der Waals surface area contributed by atoms with E-state index in [2.05, 4.69) is 4.98 Å². The zero-order chi connectivity index (χ0) is 12.3. The summed E-state index contributed by atoms with van der Waals surface area (Å²) in [6, 6.07) is 6.90. The molecule has 0 radical (unpaired) electrons. The number of nitrogen functional groups attached to an aromatic ring is 1. The Balaban J connectivity index is 0.00000162. The van der Waals surface area contributed by atoms with E-state index in [1.165, 1.54) is 11.3 Å². The Morgan fingerprint density at radius 1 is 1.28 bits per heavy atom. The maximum Gasteiger partial charge on any atom is 0.335 e. The van der Waals surface area contributed by atoms with Gasteiger partial charge in [-0.1, -0.05) is 12.1 Å². The first kappa shape index (κ1) is 14.5. The third kappa shape index (κ3) is 3.72. The summed E-state index contributed by atoms with van der Waals surface area (Å²) in [5.41, 5.74) is 7.93. The Morgan fingerprint density at radius 3 is 2.44 bits per heavy atom. The SMILES string of the molecule is Cl.Nc1nc(CCc2ccc(C(=O)O)cc2)cs1. The van der Waals surface area contributed by atoms with Crippen LogP contribution in [-0.4, -0.2) is 16.1 Å². The minimum Gasteiger partial charge on any atom is -0.478 e. The normalized spacial score (nSPS) is 9.78. The second-order valence-electron chi connectivity index (χ2n) is 3.68. The lowest BCUT2D eigenvalue weighted by Crippen LogP contribution is -1.97. The van der Waals surface area contributed by atoms with Crippen LogP contribution in [0.15, 0.2) is 29.6 Å². The lowest BCUT2D eigenvalue weighted by atomic mass is 10.1. The lowest BCUT2D eigenvalue weighted by molar-refractivity contribution is 0.0697. The number of anilines is 1. The standard InChI is InChI=1S/C12H12N2O2S.ClH/c13-12-14-10(7-17-12)6-3-8-1-4-9(5-2-8)11(15)16;/h1-2,4-5,7H,3,6H2,(H2,13,14)(H,15,16);1H. The topological polar surface area (TPSA) is 76.2 Å². The molecule has 0 amide bonds. The number of hydrogen-bond acceptors (Lipinski definition) is 4. The van der Waals surface area contributed by atoms with Crippen LogP contribution in [0.3, 0.4) is 0 Å². The highest BCUT2D eigenvalue weighted by molar-refractivity contribution is 7.13. The van der Waals surface area contributed by atoms with Gasteiger partial charge < -0.3 is 10.8 Å². The van der Waals surface area contributed by atoms with Crippen LogP contribution in [0.5, 0.6) is 0 Å². The first-order chi connectivity index (χ1) is 8.15. The molecule has 6 heteroatoms. The van der Waals surface area contributed by atoms with Crippen molar-refractivity contribution in [2.75, 3.05) is 5.73 Å². The smallest absolute Gasteiger partial charge is 0.335 e. The molecule has 4 nitrogen and oxygen atoms in total. The van der Waals surface area contributed by atoms with E-state index in [-0.39, 0.29) is 12.4 Å². The van der Waals surface area contributed by atoms with E-state index in [0.717, 1.165) is 24.1 Å². The average Bonchev–Trinajstić information content (AvgIpc) is 2.73. The van der Waals surface area contributed by atoms with E-state index in [9.17, 15) is 4.79 Å². The molecule has 0 bridgehead atoms. The van der Waals surface area contributed by atoms with Gasteiger partial charge in [0.1, 0.15) is 0 Å². The minimum atomic E-state index is -0.899. The maximum absolute atomic E-state index is 10.7. The molecular formula is C12H13ClN2O2S. The Hall–Kier alpha value is -1.59. The number of carboxylic acid groups (broad SMARTS) is 1. The van der Waals surface area contributed by atoms with Crippen LogP contribution in [-0.2, 0) is 12.8 Å². The summed E-state index contributed by atoms with van der Waals surface area (Å²) < 4.78 is 0. The number of halogens is 1. The number of hydrogen-bond donors (Lipinski definition) is 2. The predicted molar refractivity (Wildman–Crippen MR) is 74.6 cm³/mol. The number of thiazole rings is 1. The van der Waals surface area contributed by atoms with Crippen LogP contribution in [0.2, 0.25) is 0 Å². The van der Waals surface area contributed by atoms with Crippen molar-refractivity contribution < 1.29 is 9.90 Å². The second-order valence-corrected chi connectivity index (χ2v) is 4.57. The van der Waals surface area contributed by atoms with Crippen molar-refractivity contribution in [3.63, 3.8) is 0 Å². The summed E-state index contributed by atoms with van der Waals surface area (Å²) in [5.74, 6) is -0.899. The van der Waals surface area contributed by atoms with Crippen molar-refractivity contribution in [2.45, 2.75) is 12.8 Å². The molecule has 1 aromatic heterocycles. The summed E-state index contributed by atoms with van der Waals surface area (Å²) in [6.07, 6.45) is 1.66. The van der Waals surface area contributed by atoms with Gasteiger partial charge in [0.15, 0.2) is 5.13 Å². The van der Waals surface area contributed by atoms with Crippen LogP contribution < -0.4 is 5.73 Å². The van der Waals surface area contributed by atoms with Gasteiger partial charge in [-0.25, -0.2) is 9.78 Å². The Morgan fingerprint density at radius 2 is 1.94 bits per heavy atom. The van der Waals surface area contributed by atoms with Crippen molar-refractivity contribution in [2.24, 2.45) is 0 Å². The number of nitrogens with zero attached hydrogens (tertiary/aromatic N) is 1. The number of rotatable bonds is 4. The molecule has 0 fully saturated rings. The van der Waals surface area contributed by atoms with Gasteiger partial charge in [0.05, 0.1) is 11.3 Å². The number of benzene rings is 1. The molecule has 2 aromatic rings. The third-order valence-corrected chi connectivity index (χ3v) is 3.16. The zero-order valence-electron chi connectivity index (χ0n) is 9.50. The van der Waals surface area contributed by atoms with Gasteiger partial charge in [-0.3, -0.25) is 0 Å². The second kappa shape index (κ2) is 6.37. The highest BCUT2D eigenvalue weighted by Gasteiger charge is 2.03. The Bertz CT molecular complexity index is 525. The van der Waals surface area contributed by atoms with Gasteiger partial charge >= 0.3 is 5.97 Å². The molecular weight excluding hydrogens is 272 g/mol. The van der Waals surface area contributed by atoms with Crippen LogP contribution in [0, 0.1) is 0 Å². The van der Waals surface area contributed by atoms with Crippen molar-refractivity contribution >= 4 is 34.8 Å². The lowest BCUT2D eigenvalue weighted by Gasteiger charge is -2.00. The van der Waals surface area contributed by atoms with Gasteiger partial charge in [-0.2, -0.15) is 0 Å². The Labute approximate surface area is 115 Å². The molecule has 96 valence electrons. The van der Waals surface area contributed by atoms with Gasteiger partial charge in [0.2, 0.25) is 0 Å². The first-order valence-electron chi connectivity index (χ1n) is 5.17. The van der Waals surface area contributed by atoms with Crippen LogP contribution >= 0.6 is 23.7 Å². The highest BCUT2D eigenvalue weighted by atomic mass is 35.5. The number of aromatic carboxylic acids is 1. The van der Waals surface area contributed by atoms with Crippen LogP contribution in [0.1, 0.15) is 21.6 Å². The monoisotopic (exact) mass is 284 g/mol. The van der Waals surface area contributed by atoms with Gasteiger partial charge in [-0.05, 0) is 30.5 Å². The molecule has 3 N–H and O–H groups in total. The van der Waals surface area contributed by atoms with E-state index < -0.39 is 5.97 Å². The van der Waals surface area contributed by atoms with Crippen molar-refractivity contribution in [3.8, 4) is 0 Å². The van der Waals surface area contributed by atoms with Crippen molar-refractivity contribution in [3.05, 3.63) is 46.5 Å². The molecule has 1 aromatic carbocycles. The van der Waals surface area contributed by atoms with E-state index in [1.54, 1.807) is 12.1 Å². The minimum absolute atomic E-state index is 0. The quantitative estimate of drug-likeness (QED) is 0.905. The summed E-state index contributed by atoms with van der Waals surface area (Å²) in [7, 11) is 0. The third-order valence-electron chi connectivity index (χ3n) is 2.44. The fraction of sp³-hybridized carbons (Fsp3) is 0.167. The van der Waals surface area contributed by atoms with Gasteiger partial charge in [-0.15, -0.1) is 23.7 Å². The average molecular weight is 285 g/mol. The number of aryl methyl sites for hydroxylation is 2. The van der Waals surface area contributed by atoms with E-state index in [0.29, 0.717) is 10.7 Å². The molecule has 0 saturated heterocycles. The Kier molecular flexibility index (Phi) is 5.12. The molecule has 0 aliphatic carbocycles. The fourth-order valence-corrected chi connectivity index (χ4v) is 2.12. The van der Waals surface area contributed by atoms with Crippen LogP contribution in [0.4, 0.5) is 5.13 Å². The molecule has 18 heavy (non-hydrogen) atoms.